The lowest BCUT2D eigenvalue weighted by molar-refractivity contribution is 0.0220. The predicted octanol–water partition coefficient (Wildman–Crippen LogP) is 1.47. The molecule has 2 rings (SSSR count). The molecule has 0 aromatic carbocycles. The first-order valence-electron chi connectivity index (χ1n) is 9.36. The Hall–Kier alpha value is -0.870. The highest BCUT2D eigenvalue weighted by molar-refractivity contribution is 14.0. The summed E-state index contributed by atoms with van der Waals surface area (Å²) in [6.07, 6.45) is 0.953. The van der Waals surface area contributed by atoms with E-state index in [1.807, 2.05) is 11.7 Å². The molecular weight excluding hydrogens is 443 g/mol. The van der Waals surface area contributed by atoms with Crippen molar-refractivity contribution < 1.29 is 4.74 Å². The first-order valence-corrected chi connectivity index (χ1v) is 9.36. The van der Waals surface area contributed by atoms with Gasteiger partial charge in [0.15, 0.2) is 5.96 Å². The van der Waals surface area contributed by atoms with Crippen molar-refractivity contribution in [2.24, 2.45) is 12.0 Å². The summed E-state index contributed by atoms with van der Waals surface area (Å²) in [5.41, 5.74) is 3.68. The van der Waals surface area contributed by atoms with Gasteiger partial charge >= 0.3 is 0 Å². The number of halogens is 1. The smallest absolute Gasteiger partial charge is 0.191 e. The lowest BCUT2D eigenvalue weighted by Crippen LogP contribution is -2.44. The maximum absolute atomic E-state index is 5.42. The number of ether oxygens (including phenoxy) is 1. The average molecular weight is 478 g/mol. The van der Waals surface area contributed by atoms with Crippen LogP contribution in [-0.4, -0.2) is 72.6 Å². The number of aliphatic imine (C=N–C) groups is 1. The lowest BCUT2D eigenvalue weighted by atomic mass is 10.1. The fourth-order valence-corrected chi connectivity index (χ4v) is 3.18. The van der Waals surface area contributed by atoms with Crippen LogP contribution < -0.4 is 10.6 Å². The third kappa shape index (κ3) is 6.70. The van der Waals surface area contributed by atoms with Crippen LogP contribution in [0.25, 0.3) is 0 Å². The molecule has 26 heavy (non-hydrogen) atoms. The van der Waals surface area contributed by atoms with Gasteiger partial charge in [0.1, 0.15) is 0 Å². The van der Waals surface area contributed by atoms with Gasteiger partial charge in [-0.05, 0) is 39.7 Å². The third-order valence-electron chi connectivity index (χ3n) is 4.85. The number of nitrogens with zero attached hydrogens (tertiary/aromatic N) is 4. The molecule has 1 aliphatic rings. The molecule has 1 aliphatic heterocycles. The van der Waals surface area contributed by atoms with E-state index in [4.69, 9.17) is 9.73 Å². The first-order chi connectivity index (χ1) is 12.0. The molecule has 2 heterocycles. The van der Waals surface area contributed by atoms with Gasteiger partial charge in [0.05, 0.1) is 25.5 Å². The summed E-state index contributed by atoms with van der Waals surface area (Å²) >= 11 is 0. The Morgan fingerprint density at radius 2 is 1.96 bits per heavy atom. The van der Waals surface area contributed by atoms with Gasteiger partial charge in [-0.15, -0.1) is 24.0 Å². The molecule has 7 nitrogen and oxygen atoms in total. The molecule has 1 aromatic heterocycles. The first kappa shape index (κ1) is 23.2. The van der Waals surface area contributed by atoms with E-state index in [0.717, 1.165) is 64.0 Å². The minimum Gasteiger partial charge on any atom is -0.379 e. The zero-order valence-corrected chi connectivity index (χ0v) is 19.2. The van der Waals surface area contributed by atoms with Gasteiger partial charge in [0, 0.05) is 45.0 Å². The molecule has 1 saturated heterocycles. The van der Waals surface area contributed by atoms with E-state index >= 15 is 0 Å². The molecule has 0 aliphatic carbocycles. The molecule has 0 saturated carbocycles. The van der Waals surface area contributed by atoms with Crippen LogP contribution in [0.1, 0.15) is 30.8 Å². The van der Waals surface area contributed by atoms with Crippen LogP contribution in [0.2, 0.25) is 0 Å². The number of guanidine groups is 1. The van der Waals surface area contributed by atoms with Crippen LogP contribution in [0.5, 0.6) is 0 Å². The van der Waals surface area contributed by atoms with Crippen LogP contribution in [0.3, 0.4) is 0 Å². The van der Waals surface area contributed by atoms with Gasteiger partial charge in [-0.2, -0.15) is 5.10 Å². The number of nitrogens with one attached hydrogen (secondary N) is 2. The van der Waals surface area contributed by atoms with Gasteiger partial charge in [-0.1, -0.05) is 0 Å². The van der Waals surface area contributed by atoms with E-state index in [1.165, 1.54) is 11.3 Å². The second-order valence-corrected chi connectivity index (χ2v) is 6.67. The molecule has 1 fully saturated rings. The maximum atomic E-state index is 5.42. The van der Waals surface area contributed by atoms with Crippen LogP contribution in [0, 0.1) is 13.8 Å². The van der Waals surface area contributed by atoms with Crippen LogP contribution in [0.15, 0.2) is 4.99 Å². The van der Waals surface area contributed by atoms with Crippen molar-refractivity contribution in [2.45, 2.75) is 40.2 Å². The van der Waals surface area contributed by atoms with Crippen molar-refractivity contribution in [2.75, 3.05) is 45.9 Å². The van der Waals surface area contributed by atoms with E-state index in [2.05, 4.69) is 48.3 Å². The highest BCUT2D eigenvalue weighted by Crippen LogP contribution is 2.11. The van der Waals surface area contributed by atoms with Crippen molar-refractivity contribution in [3.8, 4) is 0 Å². The normalized spacial score (nSPS) is 16.9. The number of hydrogen-bond donors (Lipinski definition) is 2. The zero-order chi connectivity index (χ0) is 18.2. The van der Waals surface area contributed by atoms with E-state index in [-0.39, 0.29) is 24.0 Å². The minimum atomic E-state index is 0. The molecule has 0 bridgehead atoms. The zero-order valence-electron chi connectivity index (χ0n) is 16.8. The highest BCUT2D eigenvalue weighted by atomic mass is 127. The van der Waals surface area contributed by atoms with E-state index in [9.17, 15) is 0 Å². The Labute approximate surface area is 175 Å². The largest absolute Gasteiger partial charge is 0.379 e. The number of aryl methyl sites for hydroxylation is 2. The van der Waals surface area contributed by atoms with Crippen LogP contribution in [-0.2, 0) is 18.2 Å². The number of aromatic nitrogens is 2. The Morgan fingerprint density at radius 3 is 2.54 bits per heavy atom. The second-order valence-electron chi connectivity index (χ2n) is 6.67. The summed E-state index contributed by atoms with van der Waals surface area (Å²) in [4.78, 5) is 7.20. The lowest BCUT2D eigenvalue weighted by Gasteiger charge is -2.31. The summed E-state index contributed by atoms with van der Waals surface area (Å²) in [7, 11) is 2.00. The number of rotatable bonds is 7. The Kier molecular flexibility index (Phi) is 10.5. The average Bonchev–Trinajstić information content (AvgIpc) is 2.86. The molecule has 0 amide bonds. The van der Waals surface area contributed by atoms with Gasteiger partial charge < -0.3 is 15.4 Å². The molecule has 150 valence electrons. The van der Waals surface area contributed by atoms with Crippen molar-refractivity contribution in [1.29, 1.82) is 0 Å². The topological polar surface area (TPSA) is 66.7 Å². The highest BCUT2D eigenvalue weighted by Gasteiger charge is 2.16. The number of morpholine rings is 1. The monoisotopic (exact) mass is 478 g/mol. The summed E-state index contributed by atoms with van der Waals surface area (Å²) in [6.45, 7) is 14.7. The minimum absolute atomic E-state index is 0. The quantitative estimate of drug-likeness (QED) is 0.353. The molecular formula is C18H35IN6O. The number of hydrogen-bond acceptors (Lipinski definition) is 4. The Bertz CT molecular complexity index is 568. The molecule has 0 radical (unpaired) electrons. The Morgan fingerprint density at radius 1 is 1.27 bits per heavy atom. The van der Waals surface area contributed by atoms with E-state index < -0.39 is 0 Å². The Balaban J connectivity index is 0.00000338. The molecule has 0 spiro atoms. The summed E-state index contributed by atoms with van der Waals surface area (Å²) in [6, 6.07) is 0.433. The predicted molar refractivity (Wildman–Crippen MR) is 118 cm³/mol. The summed E-state index contributed by atoms with van der Waals surface area (Å²) < 4.78 is 7.37. The van der Waals surface area contributed by atoms with Crippen molar-refractivity contribution >= 4 is 29.9 Å². The molecule has 1 aromatic rings. The van der Waals surface area contributed by atoms with Gasteiger partial charge in [0.2, 0.25) is 0 Å². The maximum Gasteiger partial charge on any atom is 0.191 e. The fourth-order valence-electron chi connectivity index (χ4n) is 3.18. The van der Waals surface area contributed by atoms with E-state index in [1.54, 1.807) is 0 Å². The van der Waals surface area contributed by atoms with Gasteiger partial charge in [-0.3, -0.25) is 14.6 Å². The third-order valence-corrected chi connectivity index (χ3v) is 4.85. The summed E-state index contributed by atoms with van der Waals surface area (Å²) in [5, 5.41) is 11.3. The molecule has 2 N–H and O–H groups in total. The van der Waals surface area contributed by atoms with Gasteiger partial charge in [-0.25, -0.2) is 0 Å². The molecule has 1 unspecified atom stereocenters. The van der Waals surface area contributed by atoms with Crippen molar-refractivity contribution in [3.05, 3.63) is 17.0 Å². The second kappa shape index (κ2) is 11.8. The summed E-state index contributed by atoms with van der Waals surface area (Å²) in [5.74, 6) is 0.891. The van der Waals surface area contributed by atoms with Crippen molar-refractivity contribution in [3.63, 3.8) is 0 Å². The van der Waals surface area contributed by atoms with Crippen LogP contribution in [0.4, 0.5) is 0 Å². The molecule has 8 heteroatoms. The standard InChI is InChI=1S/C18H34N6O.HI/c1-6-19-18(21-13-14(2)24-9-11-25-12-10-24)20-8-7-17-15(3)22-23(5)16(17)4;/h14H,6-13H2,1-5H3,(H2,19,20,21);1H. The SMILES string of the molecule is CCNC(=NCC(C)N1CCOCC1)NCCc1c(C)nn(C)c1C.I. The van der Waals surface area contributed by atoms with Crippen LogP contribution >= 0.6 is 24.0 Å². The van der Waals surface area contributed by atoms with Gasteiger partial charge in [0.25, 0.3) is 0 Å². The molecule has 1 atom stereocenters. The van der Waals surface area contributed by atoms with E-state index in [0.29, 0.717) is 6.04 Å². The fraction of sp³-hybridized carbons (Fsp3) is 0.778. The van der Waals surface area contributed by atoms with Crippen molar-refractivity contribution in [1.82, 2.24) is 25.3 Å².